The van der Waals surface area contributed by atoms with E-state index in [-0.39, 0.29) is 6.03 Å². The fourth-order valence-electron chi connectivity index (χ4n) is 3.00. The first kappa shape index (κ1) is 20.7. The molecular weight excluding hydrogens is 328 g/mol. The summed E-state index contributed by atoms with van der Waals surface area (Å²) in [5.74, 6) is 0. The van der Waals surface area contributed by atoms with Gasteiger partial charge in [0.2, 0.25) is 0 Å². The van der Waals surface area contributed by atoms with Crippen molar-refractivity contribution in [2.45, 2.75) is 39.4 Å². The number of nitrogens with one attached hydrogen (secondary N) is 2. The molecule has 146 valence electrons. The summed E-state index contributed by atoms with van der Waals surface area (Å²) >= 11 is 0. The molecule has 1 unspecified atom stereocenters. The van der Waals surface area contributed by atoms with Crippen LogP contribution in [0.1, 0.15) is 31.4 Å². The number of ether oxygens (including phenoxy) is 1. The molecule has 0 saturated carbocycles. The van der Waals surface area contributed by atoms with Gasteiger partial charge >= 0.3 is 6.03 Å². The van der Waals surface area contributed by atoms with E-state index < -0.39 is 0 Å². The standard InChI is InChI=1S/C20H34N4O2/c1-4-17(2)23(3)10-9-21-20(25)22-15-18-7-5-6-8-19(18)16-24-11-13-26-14-12-24/h5-8,17H,4,9-16H2,1-3H3,(H2,21,22,25). The highest BCUT2D eigenvalue weighted by Gasteiger charge is 2.13. The molecular formula is C20H34N4O2. The smallest absolute Gasteiger partial charge is 0.315 e. The third-order valence-electron chi connectivity index (χ3n) is 5.15. The van der Waals surface area contributed by atoms with Gasteiger partial charge in [-0.3, -0.25) is 4.90 Å². The largest absolute Gasteiger partial charge is 0.379 e. The van der Waals surface area contributed by atoms with E-state index in [0.717, 1.165) is 45.8 Å². The van der Waals surface area contributed by atoms with Crippen LogP contribution in [0.2, 0.25) is 0 Å². The lowest BCUT2D eigenvalue weighted by Gasteiger charge is -2.27. The Balaban J connectivity index is 1.75. The monoisotopic (exact) mass is 362 g/mol. The Morgan fingerprint density at radius 2 is 1.92 bits per heavy atom. The molecule has 1 aromatic rings. The maximum atomic E-state index is 12.1. The van der Waals surface area contributed by atoms with Gasteiger partial charge in [0.1, 0.15) is 0 Å². The molecule has 6 nitrogen and oxygen atoms in total. The van der Waals surface area contributed by atoms with E-state index >= 15 is 0 Å². The number of carbonyl (C=O) groups is 1. The molecule has 0 radical (unpaired) electrons. The van der Waals surface area contributed by atoms with Crippen LogP contribution in [0.5, 0.6) is 0 Å². The summed E-state index contributed by atoms with van der Waals surface area (Å²) in [5, 5.41) is 5.93. The summed E-state index contributed by atoms with van der Waals surface area (Å²) in [6, 6.07) is 8.75. The van der Waals surface area contributed by atoms with Crippen LogP contribution in [-0.2, 0) is 17.8 Å². The average molecular weight is 363 g/mol. The van der Waals surface area contributed by atoms with Crippen molar-refractivity contribution in [1.82, 2.24) is 20.4 Å². The molecule has 1 saturated heterocycles. The predicted molar refractivity (Wildman–Crippen MR) is 105 cm³/mol. The quantitative estimate of drug-likeness (QED) is 0.706. The van der Waals surface area contributed by atoms with E-state index in [0.29, 0.717) is 19.1 Å². The maximum Gasteiger partial charge on any atom is 0.315 e. The lowest BCUT2D eigenvalue weighted by atomic mass is 10.1. The summed E-state index contributed by atoms with van der Waals surface area (Å²) in [6.07, 6.45) is 1.11. The van der Waals surface area contributed by atoms with E-state index in [2.05, 4.69) is 59.5 Å². The van der Waals surface area contributed by atoms with E-state index in [4.69, 9.17) is 4.74 Å². The number of likely N-dealkylation sites (N-methyl/N-ethyl adjacent to an activating group) is 1. The fourth-order valence-corrected chi connectivity index (χ4v) is 3.00. The highest BCUT2D eigenvalue weighted by molar-refractivity contribution is 5.73. The van der Waals surface area contributed by atoms with E-state index in [9.17, 15) is 4.79 Å². The predicted octanol–water partition coefficient (Wildman–Crippen LogP) is 2.05. The van der Waals surface area contributed by atoms with Crippen molar-refractivity contribution in [2.24, 2.45) is 0 Å². The summed E-state index contributed by atoms with van der Waals surface area (Å²) in [5.41, 5.74) is 2.44. The van der Waals surface area contributed by atoms with Gasteiger partial charge in [0, 0.05) is 45.3 Å². The van der Waals surface area contributed by atoms with Crippen LogP contribution in [0.4, 0.5) is 4.79 Å². The molecule has 6 heteroatoms. The summed E-state index contributed by atoms with van der Waals surface area (Å²) in [7, 11) is 2.09. The van der Waals surface area contributed by atoms with Crippen LogP contribution < -0.4 is 10.6 Å². The van der Waals surface area contributed by atoms with E-state index in [1.165, 1.54) is 11.1 Å². The highest BCUT2D eigenvalue weighted by Crippen LogP contribution is 2.13. The number of benzene rings is 1. The van der Waals surface area contributed by atoms with Crippen molar-refractivity contribution in [3.63, 3.8) is 0 Å². The Hall–Kier alpha value is -1.63. The Kier molecular flexibility index (Phi) is 8.88. The first-order valence-electron chi connectivity index (χ1n) is 9.69. The normalized spacial score (nSPS) is 16.5. The van der Waals surface area contributed by atoms with E-state index in [1.807, 2.05) is 6.07 Å². The zero-order chi connectivity index (χ0) is 18.8. The molecule has 1 fully saturated rings. The highest BCUT2D eigenvalue weighted by atomic mass is 16.5. The molecule has 1 atom stereocenters. The average Bonchev–Trinajstić information content (AvgIpc) is 2.67. The Bertz CT molecular complexity index is 546. The summed E-state index contributed by atoms with van der Waals surface area (Å²) in [6.45, 7) is 10.9. The van der Waals surface area contributed by atoms with Gasteiger partial charge < -0.3 is 20.3 Å². The second kappa shape index (κ2) is 11.2. The van der Waals surface area contributed by atoms with Crippen molar-refractivity contribution in [2.75, 3.05) is 46.4 Å². The number of rotatable bonds is 9. The summed E-state index contributed by atoms with van der Waals surface area (Å²) in [4.78, 5) is 16.7. The Morgan fingerprint density at radius 3 is 2.62 bits per heavy atom. The van der Waals surface area contributed by atoms with E-state index in [1.54, 1.807) is 0 Å². The van der Waals surface area contributed by atoms with Crippen LogP contribution in [0.3, 0.4) is 0 Å². The molecule has 2 N–H and O–H groups in total. The van der Waals surface area contributed by atoms with Gasteiger partial charge in [-0.1, -0.05) is 31.2 Å². The number of amides is 2. The molecule has 1 aromatic carbocycles. The van der Waals surface area contributed by atoms with Gasteiger partial charge in [-0.05, 0) is 31.5 Å². The van der Waals surface area contributed by atoms with Gasteiger partial charge in [-0.2, -0.15) is 0 Å². The van der Waals surface area contributed by atoms with Gasteiger partial charge in [-0.25, -0.2) is 4.79 Å². The second-order valence-corrected chi connectivity index (χ2v) is 7.00. The van der Waals surface area contributed by atoms with Crippen molar-refractivity contribution in [3.8, 4) is 0 Å². The van der Waals surface area contributed by atoms with Crippen LogP contribution in [0.15, 0.2) is 24.3 Å². The molecule has 1 aliphatic heterocycles. The van der Waals surface area contributed by atoms with Gasteiger partial charge in [0.05, 0.1) is 13.2 Å². The van der Waals surface area contributed by atoms with Crippen molar-refractivity contribution in [1.29, 1.82) is 0 Å². The molecule has 0 bridgehead atoms. The van der Waals surface area contributed by atoms with Crippen LogP contribution in [0, 0.1) is 0 Å². The first-order chi connectivity index (χ1) is 12.6. The van der Waals surface area contributed by atoms with Crippen molar-refractivity contribution >= 4 is 6.03 Å². The van der Waals surface area contributed by atoms with Gasteiger partial charge in [-0.15, -0.1) is 0 Å². The van der Waals surface area contributed by atoms with Gasteiger partial charge in [0.15, 0.2) is 0 Å². The molecule has 1 heterocycles. The molecule has 1 aliphatic rings. The maximum absolute atomic E-state index is 12.1. The number of nitrogens with zero attached hydrogens (tertiary/aromatic N) is 2. The third-order valence-corrected chi connectivity index (χ3v) is 5.15. The second-order valence-electron chi connectivity index (χ2n) is 7.00. The first-order valence-corrected chi connectivity index (χ1v) is 9.69. The SMILES string of the molecule is CCC(C)N(C)CCNC(=O)NCc1ccccc1CN1CCOCC1. The number of carbonyl (C=O) groups excluding carboxylic acids is 1. The minimum Gasteiger partial charge on any atom is -0.379 e. The molecule has 26 heavy (non-hydrogen) atoms. The lowest BCUT2D eigenvalue weighted by Crippen LogP contribution is -2.41. The summed E-state index contributed by atoms with van der Waals surface area (Å²) < 4.78 is 5.41. The van der Waals surface area contributed by atoms with Gasteiger partial charge in [0.25, 0.3) is 0 Å². The minimum absolute atomic E-state index is 0.108. The number of hydrogen-bond acceptors (Lipinski definition) is 4. The molecule has 2 amide bonds. The Labute approximate surface area is 157 Å². The van der Waals surface area contributed by atoms with Crippen molar-refractivity contribution in [3.05, 3.63) is 35.4 Å². The fraction of sp³-hybridized carbons (Fsp3) is 0.650. The Morgan fingerprint density at radius 1 is 1.23 bits per heavy atom. The third kappa shape index (κ3) is 6.94. The molecule has 2 rings (SSSR count). The van der Waals surface area contributed by atoms with Crippen molar-refractivity contribution < 1.29 is 9.53 Å². The number of urea groups is 1. The number of morpholine rings is 1. The van der Waals surface area contributed by atoms with Crippen LogP contribution in [-0.4, -0.2) is 68.3 Å². The van der Waals surface area contributed by atoms with Crippen LogP contribution in [0.25, 0.3) is 0 Å². The zero-order valence-electron chi connectivity index (χ0n) is 16.5. The minimum atomic E-state index is -0.108. The zero-order valence-corrected chi connectivity index (χ0v) is 16.5. The molecule has 0 aromatic heterocycles. The number of hydrogen-bond donors (Lipinski definition) is 2. The lowest BCUT2D eigenvalue weighted by molar-refractivity contribution is 0.0341. The molecule has 0 aliphatic carbocycles. The molecule has 0 spiro atoms. The topological polar surface area (TPSA) is 56.8 Å². The van der Waals surface area contributed by atoms with Crippen LogP contribution >= 0.6 is 0 Å².